The standard InChI is InChI=1S/C13H22N2O/c1-13(7-3-4-8-13)12(16)6-5-11-9-14-15(2)10-11/h9-10,12,16H,3-8H2,1-2H3. The van der Waals surface area contributed by atoms with Gasteiger partial charge in [-0.1, -0.05) is 19.8 Å². The molecule has 1 fully saturated rings. The Morgan fingerprint density at radius 2 is 2.19 bits per heavy atom. The lowest BCUT2D eigenvalue weighted by atomic mass is 9.80. The molecule has 0 spiro atoms. The maximum Gasteiger partial charge on any atom is 0.0597 e. The molecule has 3 nitrogen and oxygen atoms in total. The topological polar surface area (TPSA) is 38.0 Å². The third kappa shape index (κ3) is 2.46. The molecule has 0 aromatic carbocycles. The van der Waals surface area contributed by atoms with E-state index in [9.17, 15) is 5.11 Å². The van der Waals surface area contributed by atoms with Gasteiger partial charge in [0, 0.05) is 13.2 Å². The first-order valence-corrected chi connectivity index (χ1v) is 6.26. The van der Waals surface area contributed by atoms with Crippen molar-refractivity contribution in [3.8, 4) is 0 Å². The summed E-state index contributed by atoms with van der Waals surface area (Å²) in [5.74, 6) is 0. The first kappa shape index (κ1) is 11.6. The molecule has 2 rings (SSSR count). The summed E-state index contributed by atoms with van der Waals surface area (Å²) in [5, 5.41) is 14.4. The van der Waals surface area contributed by atoms with Gasteiger partial charge in [-0.15, -0.1) is 0 Å². The van der Waals surface area contributed by atoms with Gasteiger partial charge in [0.15, 0.2) is 0 Å². The van der Waals surface area contributed by atoms with Crippen LogP contribution in [0.5, 0.6) is 0 Å². The number of rotatable bonds is 4. The maximum atomic E-state index is 10.2. The number of aliphatic hydroxyl groups excluding tert-OH is 1. The molecule has 90 valence electrons. The van der Waals surface area contributed by atoms with Gasteiger partial charge in [-0.3, -0.25) is 4.68 Å². The van der Waals surface area contributed by atoms with Crippen LogP contribution in [0.1, 0.15) is 44.6 Å². The van der Waals surface area contributed by atoms with Gasteiger partial charge in [-0.2, -0.15) is 5.10 Å². The van der Waals surface area contributed by atoms with E-state index < -0.39 is 0 Å². The molecule has 1 N–H and O–H groups in total. The average Bonchev–Trinajstić information content (AvgIpc) is 2.85. The molecule has 0 radical (unpaired) electrons. The number of aromatic nitrogens is 2. The summed E-state index contributed by atoms with van der Waals surface area (Å²) < 4.78 is 1.82. The number of hydrogen-bond acceptors (Lipinski definition) is 2. The molecule has 16 heavy (non-hydrogen) atoms. The third-order valence-corrected chi connectivity index (χ3v) is 4.02. The smallest absolute Gasteiger partial charge is 0.0597 e. The molecule has 1 unspecified atom stereocenters. The molecule has 1 atom stereocenters. The fourth-order valence-electron chi connectivity index (χ4n) is 2.77. The van der Waals surface area contributed by atoms with Crippen molar-refractivity contribution in [3.63, 3.8) is 0 Å². The molecule has 1 aliphatic rings. The van der Waals surface area contributed by atoms with E-state index in [2.05, 4.69) is 12.0 Å². The summed E-state index contributed by atoms with van der Waals surface area (Å²) >= 11 is 0. The molecule has 1 aromatic rings. The minimum atomic E-state index is -0.157. The highest BCUT2D eigenvalue weighted by Gasteiger charge is 2.35. The van der Waals surface area contributed by atoms with Crippen LogP contribution in [0, 0.1) is 5.41 Å². The van der Waals surface area contributed by atoms with Crippen LogP contribution in [0.2, 0.25) is 0 Å². The van der Waals surface area contributed by atoms with Crippen LogP contribution < -0.4 is 0 Å². The van der Waals surface area contributed by atoms with Crippen LogP contribution in [0.25, 0.3) is 0 Å². The first-order valence-electron chi connectivity index (χ1n) is 6.26. The van der Waals surface area contributed by atoms with Gasteiger partial charge in [-0.05, 0) is 36.7 Å². The molecule has 1 aliphatic carbocycles. The molecule has 0 amide bonds. The van der Waals surface area contributed by atoms with E-state index in [-0.39, 0.29) is 11.5 Å². The Labute approximate surface area is 97.5 Å². The molecule has 1 saturated carbocycles. The Morgan fingerprint density at radius 3 is 2.75 bits per heavy atom. The summed E-state index contributed by atoms with van der Waals surface area (Å²) in [6, 6.07) is 0. The minimum absolute atomic E-state index is 0.157. The largest absolute Gasteiger partial charge is 0.393 e. The predicted molar refractivity (Wildman–Crippen MR) is 64.1 cm³/mol. The normalized spacial score (nSPS) is 21.2. The molecular weight excluding hydrogens is 200 g/mol. The highest BCUT2D eigenvalue weighted by molar-refractivity contribution is 5.04. The zero-order valence-electron chi connectivity index (χ0n) is 10.3. The molecule has 0 aliphatic heterocycles. The van der Waals surface area contributed by atoms with Crippen molar-refractivity contribution in [1.29, 1.82) is 0 Å². The van der Waals surface area contributed by atoms with Crippen LogP contribution in [0.15, 0.2) is 12.4 Å². The van der Waals surface area contributed by atoms with E-state index in [4.69, 9.17) is 0 Å². The Kier molecular flexibility index (Phi) is 3.33. The van der Waals surface area contributed by atoms with Crippen LogP contribution in [-0.4, -0.2) is 21.0 Å². The summed E-state index contributed by atoms with van der Waals surface area (Å²) in [6.07, 6.45) is 10.5. The molecule has 0 saturated heterocycles. The van der Waals surface area contributed by atoms with Gasteiger partial charge in [-0.25, -0.2) is 0 Å². The lowest BCUT2D eigenvalue weighted by Crippen LogP contribution is -2.29. The second-order valence-electron chi connectivity index (χ2n) is 5.44. The van der Waals surface area contributed by atoms with E-state index in [0.29, 0.717) is 0 Å². The van der Waals surface area contributed by atoms with Crippen molar-refractivity contribution < 1.29 is 5.11 Å². The van der Waals surface area contributed by atoms with Crippen LogP contribution in [0.4, 0.5) is 0 Å². The van der Waals surface area contributed by atoms with Crippen LogP contribution in [-0.2, 0) is 13.5 Å². The van der Waals surface area contributed by atoms with Gasteiger partial charge in [0.1, 0.15) is 0 Å². The van der Waals surface area contributed by atoms with E-state index in [1.807, 2.05) is 24.1 Å². The lowest BCUT2D eigenvalue weighted by Gasteiger charge is -2.29. The van der Waals surface area contributed by atoms with Crippen LogP contribution >= 0.6 is 0 Å². The average molecular weight is 222 g/mol. The summed E-state index contributed by atoms with van der Waals surface area (Å²) in [6.45, 7) is 2.23. The summed E-state index contributed by atoms with van der Waals surface area (Å²) in [4.78, 5) is 0. The van der Waals surface area contributed by atoms with Gasteiger partial charge in [0.05, 0.1) is 12.3 Å². The molecule has 3 heteroatoms. The summed E-state index contributed by atoms with van der Waals surface area (Å²) in [7, 11) is 1.93. The fourth-order valence-corrected chi connectivity index (χ4v) is 2.77. The van der Waals surface area contributed by atoms with E-state index in [0.717, 1.165) is 12.8 Å². The second-order valence-corrected chi connectivity index (χ2v) is 5.44. The van der Waals surface area contributed by atoms with E-state index in [1.165, 1.54) is 31.2 Å². The van der Waals surface area contributed by atoms with E-state index in [1.54, 1.807) is 0 Å². The summed E-state index contributed by atoms with van der Waals surface area (Å²) in [5.41, 5.74) is 1.39. The Balaban J connectivity index is 1.85. The molecule has 1 aromatic heterocycles. The predicted octanol–water partition coefficient (Wildman–Crippen LogP) is 2.29. The molecular formula is C13H22N2O. The zero-order valence-corrected chi connectivity index (χ0v) is 10.3. The van der Waals surface area contributed by atoms with Crippen LogP contribution in [0.3, 0.4) is 0 Å². The molecule has 0 bridgehead atoms. The molecule has 1 heterocycles. The Bertz CT molecular complexity index is 339. The van der Waals surface area contributed by atoms with Crippen molar-refractivity contribution in [3.05, 3.63) is 18.0 Å². The van der Waals surface area contributed by atoms with Crippen molar-refractivity contribution in [2.24, 2.45) is 12.5 Å². The maximum absolute atomic E-state index is 10.2. The van der Waals surface area contributed by atoms with Gasteiger partial charge in [0.2, 0.25) is 0 Å². The Morgan fingerprint density at radius 1 is 1.50 bits per heavy atom. The monoisotopic (exact) mass is 222 g/mol. The highest BCUT2D eigenvalue weighted by atomic mass is 16.3. The third-order valence-electron chi connectivity index (χ3n) is 4.02. The second kappa shape index (κ2) is 4.58. The number of aryl methyl sites for hydroxylation is 2. The fraction of sp³-hybridized carbons (Fsp3) is 0.769. The van der Waals surface area contributed by atoms with Crippen molar-refractivity contribution >= 4 is 0 Å². The van der Waals surface area contributed by atoms with Crippen molar-refractivity contribution in [1.82, 2.24) is 9.78 Å². The van der Waals surface area contributed by atoms with Gasteiger partial charge < -0.3 is 5.11 Å². The lowest BCUT2D eigenvalue weighted by molar-refractivity contribution is 0.0354. The SMILES string of the molecule is Cn1cc(CCC(O)C2(C)CCCC2)cn1. The minimum Gasteiger partial charge on any atom is -0.393 e. The van der Waals surface area contributed by atoms with E-state index >= 15 is 0 Å². The van der Waals surface area contributed by atoms with Crippen molar-refractivity contribution in [2.45, 2.75) is 51.6 Å². The first-order chi connectivity index (χ1) is 7.60. The van der Waals surface area contributed by atoms with Gasteiger partial charge >= 0.3 is 0 Å². The van der Waals surface area contributed by atoms with Crippen molar-refractivity contribution in [2.75, 3.05) is 0 Å². The number of hydrogen-bond donors (Lipinski definition) is 1. The van der Waals surface area contributed by atoms with Gasteiger partial charge in [0.25, 0.3) is 0 Å². The zero-order chi connectivity index (χ0) is 11.6. The highest BCUT2D eigenvalue weighted by Crippen LogP contribution is 2.41. The number of nitrogens with zero attached hydrogens (tertiary/aromatic N) is 2. The number of aliphatic hydroxyl groups is 1. The Hall–Kier alpha value is -0.830. The quantitative estimate of drug-likeness (QED) is 0.849.